The van der Waals surface area contributed by atoms with Gasteiger partial charge in [0.05, 0.1) is 24.2 Å². The number of thioether (sulfide) groups is 1. The van der Waals surface area contributed by atoms with E-state index in [9.17, 15) is 19.6 Å². The zero-order valence-electron chi connectivity index (χ0n) is 16.3. The molecule has 1 aliphatic carbocycles. The predicted octanol–water partition coefficient (Wildman–Crippen LogP) is 2.86. The van der Waals surface area contributed by atoms with Crippen LogP contribution in [0, 0.1) is 11.3 Å². The van der Waals surface area contributed by atoms with Gasteiger partial charge in [-0.05, 0) is 42.9 Å². The Balaban J connectivity index is 1.57. The number of nitrogens with one attached hydrogen (secondary N) is 2. The van der Waals surface area contributed by atoms with E-state index in [4.69, 9.17) is 0 Å². The van der Waals surface area contributed by atoms with Crippen molar-refractivity contribution >= 4 is 35.3 Å². The lowest BCUT2D eigenvalue weighted by molar-refractivity contribution is -0.125. The smallest absolute Gasteiger partial charge is 0.324 e. The summed E-state index contributed by atoms with van der Waals surface area (Å²) in [5.41, 5.74) is 2.63. The fourth-order valence-corrected chi connectivity index (χ4v) is 3.86. The number of urea groups is 1. The largest absolute Gasteiger partial charge is 0.329 e. The number of benzene rings is 1. The highest BCUT2D eigenvalue weighted by Gasteiger charge is 2.29. The van der Waals surface area contributed by atoms with Crippen molar-refractivity contribution in [1.82, 2.24) is 15.2 Å². The third-order valence-corrected chi connectivity index (χ3v) is 5.70. The zero-order chi connectivity index (χ0) is 21.3. The summed E-state index contributed by atoms with van der Waals surface area (Å²) in [5.74, 6) is -0.331. The van der Waals surface area contributed by atoms with Gasteiger partial charge in [-0.1, -0.05) is 12.1 Å². The number of hydrogen-bond donors (Lipinski definition) is 2. The molecule has 8 nitrogen and oxygen atoms in total. The first kappa shape index (κ1) is 19.9. The van der Waals surface area contributed by atoms with Crippen LogP contribution in [-0.4, -0.2) is 40.5 Å². The number of anilines is 1. The van der Waals surface area contributed by atoms with Gasteiger partial charge in [-0.25, -0.2) is 9.78 Å². The van der Waals surface area contributed by atoms with Crippen LogP contribution in [0.4, 0.5) is 10.5 Å². The molecule has 1 aliphatic heterocycles. The Morgan fingerprint density at radius 1 is 1.37 bits per heavy atom. The summed E-state index contributed by atoms with van der Waals surface area (Å²) < 4.78 is 0. The van der Waals surface area contributed by atoms with Gasteiger partial charge in [0.2, 0.25) is 5.91 Å². The molecule has 0 unspecified atom stereocenters. The van der Waals surface area contributed by atoms with Crippen molar-refractivity contribution in [2.45, 2.75) is 30.3 Å². The highest BCUT2D eigenvalue weighted by atomic mass is 32.2. The van der Waals surface area contributed by atoms with Crippen LogP contribution in [0.3, 0.4) is 0 Å². The maximum atomic E-state index is 13.0. The summed E-state index contributed by atoms with van der Waals surface area (Å²) in [7, 11) is 0. The Hall–Kier alpha value is -3.38. The minimum Gasteiger partial charge on any atom is -0.329 e. The minimum absolute atomic E-state index is 0.00462. The van der Waals surface area contributed by atoms with Crippen molar-refractivity contribution in [2.24, 2.45) is 0 Å². The van der Waals surface area contributed by atoms with Crippen LogP contribution in [0.15, 0.2) is 35.4 Å². The van der Waals surface area contributed by atoms with E-state index >= 15 is 0 Å². The van der Waals surface area contributed by atoms with Gasteiger partial charge in [0.25, 0.3) is 5.91 Å². The maximum Gasteiger partial charge on any atom is 0.324 e. The SMILES string of the molecule is CSc1nc(C2CC2)cc(C(=O)Nc2cccc(CN3C(=O)CNC3=O)c2)c1C#N. The average Bonchev–Trinajstić information content (AvgIpc) is 3.55. The lowest BCUT2D eigenvalue weighted by atomic mass is 10.1. The van der Waals surface area contributed by atoms with Gasteiger partial charge in [-0.3, -0.25) is 14.5 Å². The summed E-state index contributed by atoms with van der Waals surface area (Å²) >= 11 is 1.35. The summed E-state index contributed by atoms with van der Waals surface area (Å²) in [6.07, 6.45) is 3.91. The number of rotatable bonds is 6. The highest BCUT2D eigenvalue weighted by Crippen LogP contribution is 2.40. The molecule has 9 heteroatoms. The minimum atomic E-state index is -0.429. The maximum absolute atomic E-state index is 13.0. The molecule has 1 saturated heterocycles. The van der Waals surface area contributed by atoms with Crippen LogP contribution < -0.4 is 10.6 Å². The third-order valence-electron chi connectivity index (χ3n) is 5.01. The van der Waals surface area contributed by atoms with Crippen LogP contribution in [0.2, 0.25) is 0 Å². The van der Waals surface area contributed by atoms with Crippen LogP contribution >= 0.6 is 11.8 Å². The monoisotopic (exact) mass is 421 g/mol. The van der Waals surface area contributed by atoms with E-state index in [-0.39, 0.29) is 24.6 Å². The number of amides is 4. The van der Waals surface area contributed by atoms with Gasteiger partial charge in [0.15, 0.2) is 0 Å². The zero-order valence-corrected chi connectivity index (χ0v) is 17.1. The average molecular weight is 421 g/mol. The second-order valence-electron chi connectivity index (χ2n) is 7.16. The molecule has 4 amide bonds. The molecule has 2 fully saturated rings. The lowest BCUT2D eigenvalue weighted by Crippen LogP contribution is -2.30. The van der Waals surface area contributed by atoms with Crippen molar-refractivity contribution in [3.8, 4) is 6.07 Å². The van der Waals surface area contributed by atoms with Crippen molar-refractivity contribution in [2.75, 3.05) is 18.1 Å². The first-order chi connectivity index (χ1) is 14.5. The van der Waals surface area contributed by atoms with Gasteiger partial charge in [0.1, 0.15) is 11.1 Å². The molecule has 0 radical (unpaired) electrons. The second-order valence-corrected chi connectivity index (χ2v) is 7.95. The van der Waals surface area contributed by atoms with Crippen molar-refractivity contribution in [3.63, 3.8) is 0 Å². The number of nitriles is 1. The second kappa shape index (κ2) is 8.16. The molecule has 1 aromatic carbocycles. The molecule has 1 aromatic heterocycles. The Kier molecular flexibility index (Phi) is 5.42. The van der Waals surface area contributed by atoms with Crippen molar-refractivity contribution in [3.05, 3.63) is 52.7 Å². The molecule has 0 bridgehead atoms. The van der Waals surface area contributed by atoms with E-state index < -0.39 is 11.9 Å². The first-order valence-electron chi connectivity index (χ1n) is 9.47. The van der Waals surface area contributed by atoms with Crippen LogP contribution in [-0.2, 0) is 11.3 Å². The molecule has 30 heavy (non-hydrogen) atoms. The quantitative estimate of drug-likeness (QED) is 0.547. The van der Waals surface area contributed by atoms with Crippen LogP contribution in [0.5, 0.6) is 0 Å². The van der Waals surface area contributed by atoms with Gasteiger partial charge in [0, 0.05) is 17.3 Å². The first-order valence-corrected chi connectivity index (χ1v) is 10.7. The highest BCUT2D eigenvalue weighted by molar-refractivity contribution is 7.98. The number of nitrogens with zero attached hydrogens (tertiary/aromatic N) is 3. The summed E-state index contributed by atoms with van der Waals surface area (Å²) in [4.78, 5) is 42.2. The molecule has 1 saturated carbocycles. The normalized spacial score (nSPS) is 15.7. The third kappa shape index (κ3) is 4.00. The molecule has 2 heterocycles. The topological polar surface area (TPSA) is 115 Å². The van der Waals surface area contributed by atoms with E-state index in [1.54, 1.807) is 30.3 Å². The summed E-state index contributed by atoms with van der Waals surface area (Å²) in [6, 6.07) is 10.3. The van der Waals surface area contributed by atoms with E-state index in [0.717, 1.165) is 23.4 Å². The van der Waals surface area contributed by atoms with E-state index in [0.29, 0.717) is 27.8 Å². The molecule has 0 atom stereocenters. The standard InChI is InChI=1S/C21H19N5O3S/c1-30-20-16(9-22)15(8-17(25-20)13-5-6-13)19(28)24-14-4-2-3-12(7-14)11-26-18(27)10-23-21(26)29/h2-4,7-8,13H,5-6,10-11H2,1H3,(H,23,29)(H,24,28). The molecule has 2 aromatic rings. The summed E-state index contributed by atoms with van der Waals surface area (Å²) in [6.45, 7) is 0.116. The summed E-state index contributed by atoms with van der Waals surface area (Å²) in [5, 5.41) is 15.4. The fourth-order valence-electron chi connectivity index (χ4n) is 3.31. The Labute approximate surface area is 177 Å². The molecule has 2 N–H and O–H groups in total. The molecule has 152 valence electrons. The van der Waals surface area contributed by atoms with Gasteiger partial charge >= 0.3 is 6.03 Å². The van der Waals surface area contributed by atoms with Crippen molar-refractivity contribution < 1.29 is 14.4 Å². The number of aromatic nitrogens is 1. The number of carbonyl (C=O) groups is 3. The van der Waals surface area contributed by atoms with Crippen LogP contribution in [0.1, 0.15) is 45.9 Å². The Bertz CT molecular complexity index is 1070. The fraction of sp³-hybridized carbons (Fsp3) is 0.286. The van der Waals surface area contributed by atoms with Gasteiger partial charge in [-0.2, -0.15) is 5.26 Å². The van der Waals surface area contributed by atoms with Gasteiger partial charge < -0.3 is 10.6 Å². The molecular formula is C21H19N5O3S. The lowest BCUT2D eigenvalue weighted by Gasteiger charge is -2.14. The molecule has 4 rings (SSSR count). The number of hydrogen-bond acceptors (Lipinski definition) is 6. The van der Waals surface area contributed by atoms with E-state index in [2.05, 4.69) is 21.7 Å². The van der Waals surface area contributed by atoms with E-state index in [1.807, 2.05) is 6.26 Å². The molecular weight excluding hydrogens is 402 g/mol. The Morgan fingerprint density at radius 2 is 2.17 bits per heavy atom. The van der Waals surface area contributed by atoms with E-state index in [1.165, 1.54) is 11.8 Å². The molecule has 2 aliphatic rings. The number of pyridine rings is 1. The van der Waals surface area contributed by atoms with Crippen LogP contribution in [0.25, 0.3) is 0 Å². The van der Waals surface area contributed by atoms with Gasteiger partial charge in [-0.15, -0.1) is 11.8 Å². The number of imide groups is 1. The predicted molar refractivity (Wildman–Crippen MR) is 111 cm³/mol. The Morgan fingerprint density at radius 3 is 2.80 bits per heavy atom. The van der Waals surface area contributed by atoms with Crippen molar-refractivity contribution in [1.29, 1.82) is 5.26 Å². The number of carbonyl (C=O) groups excluding carboxylic acids is 3. The molecule has 0 spiro atoms.